The van der Waals surface area contributed by atoms with Gasteiger partial charge in [-0.3, -0.25) is 0 Å². The third-order valence-electron chi connectivity index (χ3n) is 3.40. The summed E-state index contributed by atoms with van der Waals surface area (Å²) in [6.45, 7) is 0.522. The van der Waals surface area contributed by atoms with Crippen molar-refractivity contribution in [3.63, 3.8) is 0 Å². The number of hydrogen-bond acceptors (Lipinski definition) is 2. The van der Waals surface area contributed by atoms with E-state index in [0.717, 1.165) is 5.56 Å². The first kappa shape index (κ1) is 13.3. The van der Waals surface area contributed by atoms with Crippen LogP contribution in [0.25, 0.3) is 0 Å². The van der Waals surface area contributed by atoms with Gasteiger partial charge in [-0.05, 0) is 36.2 Å². The van der Waals surface area contributed by atoms with Crippen LogP contribution in [0, 0.1) is 5.82 Å². The molecule has 1 aliphatic heterocycles. The Balaban J connectivity index is 1.73. The second-order valence-corrected chi connectivity index (χ2v) is 6.76. The van der Waals surface area contributed by atoms with Crippen molar-refractivity contribution in [1.29, 1.82) is 0 Å². The molecule has 2 aromatic rings. The van der Waals surface area contributed by atoms with E-state index in [4.69, 9.17) is 0 Å². The Labute approximate surface area is 117 Å². The molecule has 2 unspecified atom stereocenters. The summed E-state index contributed by atoms with van der Waals surface area (Å²) >= 11 is 0. The fourth-order valence-corrected chi connectivity index (χ4v) is 3.84. The molecule has 0 N–H and O–H groups in total. The normalized spacial score (nSPS) is 21.6. The van der Waals surface area contributed by atoms with Crippen molar-refractivity contribution in [2.75, 3.05) is 6.54 Å². The van der Waals surface area contributed by atoms with Crippen molar-refractivity contribution >= 4 is 10.0 Å². The van der Waals surface area contributed by atoms with Gasteiger partial charge in [-0.2, -0.15) is 4.31 Å². The first-order valence-electron chi connectivity index (χ1n) is 6.39. The fraction of sp³-hybridized carbons (Fsp3) is 0.200. The summed E-state index contributed by atoms with van der Waals surface area (Å²) in [5.74, 6) is -0.435. The van der Waals surface area contributed by atoms with Crippen LogP contribution in [0.5, 0.6) is 0 Å². The summed E-state index contributed by atoms with van der Waals surface area (Å²) in [6.07, 6.45) is 0.710. The lowest BCUT2D eigenvalue weighted by molar-refractivity contribution is 0.551. The van der Waals surface area contributed by atoms with Crippen molar-refractivity contribution in [3.8, 4) is 0 Å². The highest BCUT2D eigenvalue weighted by molar-refractivity contribution is 7.89. The van der Waals surface area contributed by atoms with Crippen LogP contribution in [-0.2, 0) is 16.4 Å². The van der Waals surface area contributed by atoms with E-state index in [1.165, 1.54) is 28.6 Å². The van der Waals surface area contributed by atoms with Crippen molar-refractivity contribution in [3.05, 3.63) is 66.0 Å². The molecule has 0 bridgehead atoms. The van der Waals surface area contributed by atoms with Gasteiger partial charge in [0.1, 0.15) is 5.82 Å². The lowest BCUT2D eigenvalue weighted by atomic mass is 10.1. The van der Waals surface area contributed by atoms with E-state index >= 15 is 0 Å². The molecule has 20 heavy (non-hydrogen) atoms. The molecule has 0 saturated carbocycles. The molecular weight excluding hydrogens is 277 g/mol. The summed E-state index contributed by atoms with van der Waals surface area (Å²) < 4.78 is 38.9. The standard InChI is InChI=1S/C15H14FNO2S/c16-13-6-8-15(9-7-13)20(18,19)17-11-14(17)10-12-4-2-1-3-5-12/h1-9,14H,10-11H2. The zero-order chi connectivity index (χ0) is 14.2. The van der Waals surface area contributed by atoms with Gasteiger partial charge < -0.3 is 0 Å². The highest BCUT2D eigenvalue weighted by Crippen LogP contribution is 2.30. The van der Waals surface area contributed by atoms with Crippen LogP contribution in [-0.4, -0.2) is 25.3 Å². The van der Waals surface area contributed by atoms with E-state index in [2.05, 4.69) is 0 Å². The summed E-state index contributed by atoms with van der Waals surface area (Å²) in [5, 5.41) is 0. The molecule has 3 rings (SSSR count). The van der Waals surface area contributed by atoms with Crippen LogP contribution in [0.2, 0.25) is 0 Å². The minimum Gasteiger partial charge on any atom is -0.207 e. The van der Waals surface area contributed by atoms with E-state index in [9.17, 15) is 12.8 Å². The van der Waals surface area contributed by atoms with E-state index < -0.39 is 15.8 Å². The van der Waals surface area contributed by atoms with Crippen molar-refractivity contribution in [2.24, 2.45) is 0 Å². The first-order valence-corrected chi connectivity index (χ1v) is 7.83. The quantitative estimate of drug-likeness (QED) is 0.811. The van der Waals surface area contributed by atoms with Gasteiger partial charge in [-0.25, -0.2) is 12.8 Å². The van der Waals surface area contributed by atoms with Gasteiger partial charge in [0.25, 0.3) is 0 Å². The van der Waals surface area contributed by atoms with Gasteiger partial charge in [0.05, 0.1) is 4.90 Å². The van der Waals surface area contributed by atoms with E-state index in [1.807, 2.05) is 30.3 Å². The number of sulfonamides is 1. The number of benzene rings is 2. The first-order chi connectivity index (χ1) is 9.57. The molecule has 1 heterocycles. The molecule has 0 aromatic heterocycles. The van der Waals surface area contributed by atoms with Gasteiger partial charge in [0, 0.05) is 12.6 Å². The SMILES string of the molecule is O=S(=O)(c1ccc(F)cc1)N1CC1Cc1ccccc1. The maximum Gasteiger partial charge on any atom is 0.243 e. The van der Waals surface area contributed by atoms with Crippen LogP contribution in [0.1, 0.15) is 5.56 Å². The van der Waals surface area contributed by atoms with Crippen molar-refractivity contribution in [1.82, 2.24) is 4.31 Å². The molecule has 1 aliphatic rings. The van der Waals surface area contributed by atoms with Gasteiger partial charge in [-0.1, -0.05) is 30.3 Å². The average molecular weight is 291 g/mol. The molecule has 3 nitrogen and oxygen atoms in total. The third kappa shape index (κ3) is 2.59. The monoisotopic (exact) mass is 291 g/mol. The molecule has 0 aliphatic carbocycles. The van der Waals surface area contributed by atoms with Crippen LogP contribution < -0.4 is 0 Å². The lowest BCUT2D eigenvalue weighted by Crippen LogP contribution is -2.15. The zero-order valence-corrected chi connectivity index (χ0v) is 11.6. The van der Waals surface area contributed by atoms with Crippen LogP contribution in [0.15, 0.2) is 59.5 Å². The molecule has 1 saturated heterocycles. The number of nitrogens with zero attached hydrogens (tertiary/aromatic N) is 1. The molecule has 0 spiro atoms. The van der Waals surface area contributed by atoms with Crippen LogP contribution >= 0.6 is 0 Å². The fourth-order valence-electron chi connectivity index (χ4n) is 2.25. The zero-order valence-electron chi connectivity index (χ0n) is 10.7. The van der Waals surface area contributed by atoms with Crippen molar-refractivity contribution in [2.45, 2.75) is 17.4 Å². The summed E-state index contributed by atoms with van der Waals surface area (Å²) in [5.41, 5.74) is 1.12. The summed E-state index contributed by atoms with van der Waals surface area (Å²) in [7, 11) is -3.49. The third-order valence-corrected chi connectivity index (χ3v) is 5.33. The van der Waals surface area contributed by atoms with E-state index in [1.54, 1.807) is 0 Å². The van der Waals surface area contributed by atoms with Crippen LogP contribution in [0.4, 0.5) is 4.39 Å². The summed E-state index contributed by atoms with van der Waals surface area (Å²) in [4.78, 5) is 0.148. The Morgan fingerprint density at radius 3 is 2.35 bits per heavy atom. The predicted octanol–water partition coefficient (Wildman–Crippen LogP) is 2.44. The van der Waals surface area contributed by atoms with Gasteiger partial charge in [-0.15, -0.1) is 0 Å². The molecule has 0 amide bonds. The molecule has 0 radical (unpaired) electrons. The van der Waals surface area contributed by atoms with E-state index in [0.29, 0.717) is 13.0 Å². The minimum absolute atomic E-state index is 0.00690. The number of rotatable bonds is 4. The Kier molecular flexibility index (Phi) is 3.31. The van der Waals surface area contributed by atoms with Crippen molar-refractivity contribution < 1.29 is 12.8 Å². The molecule has 5 heteroatoms. The molecular formula is C15H14FNO2S. The largest absolute Gasteiger partial charge is 0.243 e. The Morgan fingerprint density at radius 2 is 1.70 bits per heavy atom. The number of hydrogen-bond donors (Lipinski definition) is 0. The predicted molar refractivity (Wildman–Crippen MR) is 74.2 cm³/mol. The molecule has 2 aromatic carbocycles. The molecule has 1 fully saturated rings. The minimum atomic E-state index is -3.49. The number of halogens is 1. The maximum absolute atomic E-state index is 12.8. The Bertz CT molecular complexity index is 698. The maximum atomic E-state index is 12.8. The highest BCUT2D eigenvalue weighted by Gasteiger charge is 2.44. The Morgan fingerprint density at radius 1 is 1.05 bits per heavy atom. The average Bonchev–Trinajstić information content (AvgIpc) is 3.20. The lowest BCUT2D eigenvalue weighted by Gasteiger charge is -2.06. The molecule has 104 valence electrons. The highest BCUT2D eigenvalue weighted by atomic mass is 32.2. The second-order valence-electron chi connectivity index (χ2n) is 4.87. The Hall–Kier alpha value is -1.72. The topological polar surface area (TPSA) is 37.1 Å². The summed E-state index contributed by atoms with van der Waals surface area (Å²) in [6, 6.07) is 14.8. The van der Waals surface area contributed by atoms with E-state index in [-0.39, 0.29) is 10.9 Å². The second kappa shape index (κ2) is 5.00. The van der Waals surface area contributed by atoms with Crippen LogP contribution in [0.3, 0.4) is 0 Å². The molecule has 2 atom stereocenters. The van der Waals surface area contributed by atoms with Gasteiger partial charge in [0.15, 0.2) is 0 Å². The smallest absolute Gasteiger partial charge is 0.207 e. The van der Waals surface area contributed by atoms with Gasteiger partial charge in [0.2, 0.25) is 10.0 Å². The van der Waals surface area contributed by atoms with Gasteiger partial charge >= 0.3 is 0 Å².